The van der Waals surface area contributed by atoms with Crippen LogP contribution in [0.3, 0.4) is 0 Å². The van der Waals surface area contributed by atoms with Gasteiger partial charge in [0, 0.05) is 0 Å². The predicted molar refractivity (Wildman–Crippen MR) is 51.0 cm³/mol. The molecular weight excluding hydrogens is 178 g/mol. The van der Waals surface area contributed by atoms with Gasteiger partial charge in [-0.25, -0.2) is 4.99 Å². The second-order valence-electron chi connectivity index (χ2n) is 2.27. The van der Waals surface area contributed by atoms with Crippen molar-refractivity contribution >= 4 is 11.6 Å². The van der Waals surface area contributed by atoms with Crippen LogP contribution in [0.5, 0.6) is 0 Å². The van der Waals surface area contributed by atoms with Crippen LogP contribution in [0.25, 0.3) is 0 Å². The van der Waals surface area contributed by atoms with Crippen LogP contribution in [-0.2, 0) is 0 Å². The fourth-order valence-electron chi connectivity index (χ4n) is 0.825. The van der Waals surface area contributed by atoms with Gasteiger partial charge >= 0.3 is 0 Å². The summed E-state index contributed by atoms with van der Waals surface area (Å²) in [6.45, 7) is 0. The van der Waals surface area contributed by atoms with Gasteiger partial charge in [0.25, 0.3) is 0 Å². The van der Waals surface area contributed by atoms with Gasteiger partial charge in [0.2, 0.25) is 5.96 Å². The summed E-state index contributed by atoms with van der Waals surface area (Å²) in [5.41, 5.74) is 0.660. The zero-order chi connectivity index (χ0) is 10.2. The van der Waals surface area contributed by atoms with Crippen molar-refractivity contribution in [2.24, 2.45) is 4.99 Å². The van der Waals surface area contributed by atoms with Crippen LogP contribution in [0.2, 0.25) is 0 Å². The van der Waals surface area contributed by atoms with Gasteiger partial charge in [-0.15, -0.1) is 0 Å². The maximum absolute atomic E-state index is 8.35. The lowest BCUT2D eigenvalue weighted by molar-refractivity contribution is 1.12. The van der Waals surface area contributed by atoms with E-state index in [1.54, 1.807) is 24.5 Å². The summed E-state index contributed by atoms with van der Waals surface area (Å²) < 4.78 is 0. The van der Waals surface area contributed by atoms with Gasteiger partial charge < -0.3 is 0 Å². The molecule has 0 aromatic heterocycles. The van der Waals surface area contributed by atoms with Gasteiger partial charge in [0.05, 0.1) is 5.69 Å². The van der Waals surface area contributed by atoms with Gasteiger partial charge in [-0.1, -0.05) is 18.2 Å². The van der Waals surface area contributed by atoms with Crippen LogP contribution in [0, 0.1) is 22.9 Å². The zero-order valence-electron chi connectivity index (χ0n) is 7.23. The molecule has 0 heterocycles. The van der Waals surface area contributed by atoms with E-state index in [0.29, 0.717) is 5.69 Å². The zero-order valence-corrected chi connectivity index (χ0v) is 7.23. The molecule has 0 aliphatic rings. The Labute approximate surface area is 81.3 Å². The average Bonchev–Trinajstić information content (AvgIpc) is 2.20. The number of rotatable bonds is 1. The summed E-state index contributed by atoms with van der Waals surface area (Å²) in [6, 6.07) is 9.01. The Hall–Kier alpha value is -2.53. The highest BCUT2D eigenvalue weighted by atomic mass is 15.2. The monoisotopic (exact) mass is 185 g/mol. The van der Waals surface area contributed by atoms with Crippen molar-refractivity contribution in [3.63, 3.8) is 0 Å². The summed E-state index contributed by atoms with van der Waals surface area (Å²) in [5, 5.41) is 21.2. The molecular formula is C9H7N5. The van der Waals surface area contributed by atoms with Crippen molar-refractivity contribution in [3.8, 4) is 12.4 Å². The van der Waals surface area contributed by atoms with Gasteiger partial charge in [-0.3, -0.25) is 10.6 Å². The van der Waals surface area contributed by atoms with Crippen LogP contribution in [0.15, 0.2) is 35.3 Å². The van der Waals surface area contributed by atoms with E-state index in [0.717, 1.165) is 0 Å². The molecule has 0 amide bonds. The van der Waals surface area contributed by atoms with Gasteiger partial charge in [-0.2, -0.15) is 10.5 Å². The molecule has 14 heavy (non-hydrogen) atoms. The second-order valence-corrected chi connectivity index (χ2v) is 2.27. The molecule has 1 aromatic rings. The number of guanidine groups is 1. The number of hydrogen-bond donors (Lipinski definition) is 2. The molecule has 2 N–H and O–H groups in total. The van der Waals surface area contributed by atoms with E-state index < -0.39 is 0 Å². The highest BCUT2D eigenvalue weighted by Gasteiger charge is 1.95. The van der Waals surface area contributed by atoms with E-state index >= 15 is 0 Å². The number of nitrogens with one attached hydrogen (secondary N) is 2. The van der Waals surface area contributed by atoms with Crippen LogP contribution < -0.4 is 10.6 Å². The fourth-order valence-corrected chi connectivity index (χ4v) is 0.825. The summed E-state index contributed by atoms with van der Waals surface area (Å²) in [7, 11) is 0. The number of benzene rings is 1. The predicted octanol–water partition coefficient (Wildman–Crippen LogP) is 0.815. The normalized spacial score (nSPS) is 7.86. The first kappa shape index (κ1) is 9.56. The van der Waals surface area contributed by atoms with E-state index in [4.69, 9.17) is 10.5 Å². The third kappa shape index (κ3) is 2.84. The average molecular weight is 185 g/mol. The molecule has 0 radical (unpaired) electrons. The summed E-state index contributed by atoms with van der Waals surface area (Å²) >= 11 is 0. The minimum Gasteiger partial charge on any atom is -0.262 e. The summed E-state index contributed by atoms with van der Waals surface area (Å²) in [5.74, 6) is 0.112. The lowest BCUT2D eigenvalue weighted by atomic mass is 10.3. The number of para-hydroxylation sites is 1. The van der Waals surface area contributed by atoms with Gasteiger partial charge in [-0.05, 0) is 12.1 Å². The quantitative estimate of drug-likeness (QED) is 0.293. The van der Waals surface area contributed by atoms with Crippen LogP contribution in [0.1, 0.15) is 0 Å². The van der Waals surface area contributed by atoms with Gasteiger partial charge in [0.15, 0.2) is 12.4 Å². The topological polar surface area (TPSA) is 84.0 Å². The Balaban J connectivity index is 2.84. The lowest BCUT2D eigenvalue weighted by Crippen LogP contribution is -2.30. The lowest BCUT2D eigenvalue weighted by Gasteiger charge is -1.99. The van der Waals surface area contributed by atoms with Crippen molar-refractivity contribution in [3.05, 3.63) is 30.3 Å². The van der Waals surface area contributed by atoms with E-state index in [-0.39, 0.29) is 5.96 Å². The maximum atomic E-state index is 8.35. The Bertz CT molecular complexity index is 377. The van der Waals surface area contributed by atoms with Crippen LogP contribution >= 0.6 is 0 Å². The SMILES string of the molecule is N#CNC(=Nc1ccccc1)NC#N. The molecule has 0 bridgehead atoms. The number of nitriles is 2. The Morgan fingerprint density at radius 3 is 2.14 bits per heavy atom. The molecule has 0 atom stereocenters. The molecule has 1 rings (SSSR count). The highest BCUT2D eigenvalue weighted by molar-refractivity contribution is 5.84. The minimum atomic E-state index is 0.112. The summed E-state index contributed by atoms with van der Waals surface area (Å²) in [6.07, 6.45) is 3.36. The largest absolute Gasteiger partial charge is 0.262 e. The Morgan fingerprint density at radius 1 is 1.07 bits per heavy atom. The van der Waals surface area contributed by atoms with Crippen molar-refractivity contribution < 1.29 is 0 Å². The van der Waals surface area contributed by atoms with E-state index in [9.17, 15) is 0 Å². The molecule has 0 fully saturated rings. The number of nitrogens with zero attached hydrogens (tertiary/aromatic N) is 3. The van der Waals surface area contributed by atoms with Crippen LogP contribution in [0.4, 0.5) is 5.69 Å². The van der Waals surface area contributed by atoms with E-state index in [1.165, 1.54) is 0 Å². The van der Waals surface area contributed by atoms with Crippen molar-refractivity contribution in [2.45, 2.75) is 0 Å². The molecule has 68 valence electrons. The minimum absolute atomic E-state index is 0.112. The first-order valence-electron chi connectivity index (χ1n) is 3.81. The highest BCUT2D eigenvalue weighted by Crippen LogP contribution is 2.08. The summed E-state index contributed by atoms with van der Waals surface area (Å²) in [4.78, 5) is 3.99. The van der Waals surface area contributed by atoms with Gasteiger partial charge in [0.1, 0.15) is 0 Å². The van der Waals surface area contributed by atoms with E-state index in [2.05, 4.69) is 15.6 Å². The van der Waals surface area contributed by atoms with Crippen molar-refractivity contribution in [2.75, 3.05) is 0 Å². The Kier molecular flexibility index (Phi) is 3.53. The second kappa shape index (κ2) is 5.18. The molecule has 0 saturated heterocycles. The maximum Gasteiger partial charge on any atom is 0.223 e. The number of hydrogen-bond acceptors (Lipinski definition) is 3. The molecule has 0 aliphatic carbocycles. The molecule has 0 saturated carbocycles. The molecule has 1 aromatic carbocycles. The van der Waals surface area contributed by atoms with Crippen molar-refractivity contribution in [1.29, 1.82) is 10.5 Å². The number of aliphatic imine (C=N–C) groups is 1. The van der Waals surface area contributed by atoms with E-state index in [1.807, 2.05) is 18.2 Å². The first-order valence-corrected chi connectivity index (χ1v) is 3.81. The standard InChI is InChI=1S/C9H7N5/c10-6-12-9(13-7-11)14-8-4-2-1-3-5-8/h1-5H,(H2,12,13,14). The molecule has 0 spiro atoms. The molecule has 5 heteroatoms. The third-order valence-corrected chi connectivity index (χ3v) is 1.35. The van der Waals surface area contributed by atoms with Crippen molar-refractivity contribution in [1.82, 2.24) is 10.6 Å². The van der Waals surface area contributed by atoms with Crippen LogP contribution in [-0.4, -0.2) is 5.96 Å². The fraction of sp³-hybridized carbons (Fsp3) is 0. The first-order chi connectivity index (χ1) is 6.86. The smallest absolute Gasteiger partial charge is 0.223 e. The Morgan fingerprint density at radius 2 is 1.64 bits per heavy atom. The molecule has 0 aliphatic heterocycles. The molecule has 0 unspecified atom stereocenters. The third-order valence-electron chi connectivity index (χ3n) is 1.35. The molecule has 5 nitrogen and oxygen atoms in total.